The van der Waals surface area contributed by atoms with Gasteiger partial charge >= 0.3 is 0 Å². The largest absolute Gasteiger partial charge is 0.350 e. The lowest BCUT2D eigenvalue weighted by Gasteiger charge is -2.33. The third kappa shape index (κ3) is 2.98. The van der Waals surface area contributed by atoms with Crippen LogP contribution in [-0.2, 0) is 6.54 Å². The van der Waals surface area contributed by atoms with E-state index in [2.05, 4.69) is 35.2 Å². The van der Waals surface area contributed by atoms with Crippen LogP contribution in [0.15, 0.2) is 33.7 Å². The molecule has 9 nitrogen and oxygen atoms in total. The molecule has 1 aliphatic rings. The first kappa shape index (κ1) is 14.8. The van der Waals surface area contributed by atoms with E-state index < -0.39 is 0 Å². The zero-order chi connectivity index (χ0) is 16.4. The molecule has 24 heavy (non-hydrogen) atoms. The quantitative estimate of drug-likeness (QED) is 0.698. The Labute approximate surface area is 138 Å². The second-order valence-electron chi connectivity index (χ2n) is 5.69. The van der Waals surface area contributed by atoms with Gasteiger partial charge in [-0.1, -0.05) is 10.3 Å². The number of aryl methyl sites for hydroxylation is 1. The van der Waals surface area contributed by atoms with Crippen molar-refractivity contribution in [2.24, 2.45) is 0 Å². The second-order valence-corrected chi connectivity index (χ2v) is 5.69. The predicted molar refractivity (Wildman–Crippen MR) is 84.1 cm³/mol. The fourth-order valence-corrected chi connectivity index (χ4v) is 2.75. The van der Waals surface area contributed by atoms with E-state index >= 15 is 0 Å². The number of piperazine rings is 1. The summed E-state index contributed by atoms with van der Waals surface area (Å²) in [5.41, 5.74) is 1.67. The van der Waals surface area contributed by atoms with E-state index in [0.29, 0.717) is 18.3 Å². The number of aromatic nitrogens is 5. The Morgan fingerprint density at radius 1 is 1.12 bits per heavy atom. The molecule has 1 aliphatic heterocycles. The van der Waals surface area contributed by atoms with Crippen molar-refractivity contribution in [1.29, 1.82) is 0 Å². The Kier molecular flexibility index (Phi) is 3.91. The summed E-state index contributed by atoms with van der Waals surface area (Å²) >= 11 is 0. The van der Waals surface area contributed by atoms with Crippen molar-refractivity contribution in [3.63, 3.8) is 0 Å². The van der Waals surface area contributed by atoms with E-state index in [4.69, 9.17) is 9.15 Å². The van der Waals surface area contributed by atoms with Crippen LogP contribution in [0.3, 0.4) is 0 Å². The highest BCUT2D eigenvalue weighted by Crippen LogP contribution is 2.18. The topological polar surface area (TPSA) is 97.2 Å². The molecule has 1 saturated heterocycles. The first-order chi connectivity index (χ1) is 11.8. The smallest absolute Gasteiger partial charge is 0.241 e. The van der Waals surface area contributed by atoms with Crippen LogP contribution in [0, 0.1) is 6.92 Å². The maximum Gasteiger partial charge on any atom is 0.241 e. The number of pyridine rings is 1. The minimum Gasteiger partial charge on any atom is -0.350 e. The molecular weight excluding hydrogens is 310 g/mol. The van der Waals surface area contributed by atoms with Crippen molar-refractivity contribution in [3.05, 3.63) is 36.1 Å². The summed E-state index contributed by atoms with van der Waals surface area (Å²) in [6.07, 6.45) is 3.44. The van der Waals surface area contributed by atoms with Crippen molar-refractivity contribution >= 4 is 5.82 Å². The molecule has 0 aliphatic carbocycles. The van der Waals surface area contributed by atoms with Gasteiger partial charge in [-0.05, 0) is 24.2 Å². The average Bonchev–Trinajstić information content (AvgIpc) is 3.26. The van der Waals surface area contributed by atoms with Gasteiger partial charge in [0.05, 0.1) is 6.54 Å². The lowest BCUT2D eigenvalue weighted by Crippen LogP contribution is -2.46. The van der Waals surface area contributed by atoms with E-state index in [-0.39, 0.29) is 0 Å². The molecule has 0 spiro atoms. The zero-order valence-electron chi connectivity index (χ0n) is 13.3. The first-order valence-corrected chi connectivity index (χ1v) is 7.79. The molecule has 3 aromatic rings. The zero-order valence-corrected chi connectivity index (χ0v) is 13.3. The second kappa shape index (κ2) is 6.36. The molecule has 0 unspecified atom stereocenters. The summed E-state index contributed by atoms with van der Waals surface area (Å²) in [7, 11) is 0. The molecule has 0 amide bonds. The number of hydrogen-bond donors (Lipinski definition) is 0. The van der Waals surface area contributed by atoms with Gasteiger partial charge in [-0.2, -0.15) is 4.98 Å². The minimum atomic E-state index is 0.570. The van der Waals surface area contributed by atoms with Crippen molar-refractivity contribution < 1.29 is 9.15 Å². The number of anilines is 1. The molecule has 0 N–H and O–H groups in total. The summed E-state index contributed by atoms with van der Waals surface area (Å²) in [5.74, 6) is 2.01. The van der Waals surface area contributed by atoms with E-state index in [1.165, 1.54) is 0 Å². The molecule has 0 atom stereocenters. The lowest BCUT2D eigenvalue weighted by atomic mass is 10.3. The Morgan fingerprint density at radius 3 is 2.71 bits per heavy atom. The monoisotopic (exact) mass is 327 g/mol. The van der Waals surface area contributed by atoms with Crippen LogP contribution in [0.1, 0.15) is 11.6 Å². The minimum absolute atomic E-state index is 0.570. The van der Waals surface area contributed by atoms with E-state index in [9.17, 15) is 0 Å². The number of nitrogens with zero attached hydrogens (tertiary/aromatic N) is 7. The Balaban J connectivity index is 1.36. The molecule has 124 valence electrons. The summed E-state index contributed by atoms with van der Waals surface area (Å²) in [6, 6.07) is 3.76. The Morgan fingerprint density at radius 2 is 2.00 bits per heavy atom. The maximum atomic E-state index is 5.36. The standard InChI is InChI=1S/C15H17N7O2/c1-11-15(20-24-18-11)22-7-5-21(6-8-22)10-13-17-14(19-23-13)12-3-2-4-16-9-12/h2-4,9H,5-8,10H2,1H3. The van der Waals surface area contributed by atoms with E-state index in [1.54, 1.807) is 12.4 Å². The lowest BCUT2D eigenvalue weighted by molar-refractivity contribution is 0.214. The number of rotatable bonds is 4. The Hall–Kier alpha value is -2.81. The van der Waals surface area contributed by atoms with Crippen molar-refractivity contribution in [1.82, 2.24) is 30.3 Å². The van der Waals surface area contributed by atoms with Gasteiger partial charge in [-0.25, -0.2) is 4.63 Å². The van der Waals surface area contributed by atoms with Crippen LogP contribution < -0.4 is 4.90 Å². The highest BCUT2D eigenvalue weighted by Gasteiger charge is 2.22. The molecule has 0 bridgehead atoms. The molecule has 0 radical (unpaired) electrons. The van der Waals surface area contributed by atoms with Gasteiger partial charge in [0.2, 0.25) is 11.7 Å². The van der Waals surface area contributed by atoms with Crippen LogP contribution in [0.2, 0.25) is 0 Å². The van der Waals surface area contributed by atoms with Gasteiger partial charge in [0.1, 0.15) is 5.69 Å². The summed E-state index contributed by atoms with van der Waals surface area (Å²) < 4.78 is 10.1. The van der Waals surface area contributed by atoms with Crippen LogP contribution in [0.25, 0.3) is 11.4 Å². The Bertz CT molecular complexity index is 793. The first-order valence-electron chi connectivity index (χ1n) is 7.79. The molecule has 0 aromatic carbocycles. The summed E-state index contributed by atoms with van der Waals surface area (Å²) in [4.78, 5) is 13.0. The molecule has 0 saturated carbocycles. The van der Waals surface area contributed by atoms with Gasteiger partial charge in [-0.3, -0.25) is 9.88 Å². The highest BCUT2D eigenvalue weighted by atomic mass is 16.6. The fraction of sp³-hybridized carbons (Fsp3) is 0.400. The van der Waals surface area contributed by atoms with Crippen LogP contribution in [-0.4, -0.2) is 56.5 Å². The number of hydrogen-bond acceptors (Lipinski definition) is 9. The van der Waals surface area contributed by atoms with Gasteiger partial charge in [-0.15, -0.1) is 0 Å². The SMILES string of the molecule is Cc1nonc1N1CCN(Cc2nc(-c3cccnc3)no2)CC1. The van der Waals surface area contributed by atoms with Gasteiger partial charge in [0.15, 0.2) is 5.82 Å². The molecule has 1 fully saturated rings. The van der Waals surface area contributed by atoms with Crippen LogP contribution >= 0.6 is 0 Å². The van der Waals surface area contributed by atoms with Crippen molar-refractivity contribution in [2.45, 2.75) is 13.5 Å². The van der Waals surface area contributed by atoms with Crippen molar-refractivity contribution in [3.8, 4) is 11.4 Å². The molecule has 4 heterocycles. The van der Waals surface area contributed by atoms with Crippen LogP contribution in [0.4, 0.5) is 5.82 Å². The normalized spacial score (nSPS) is 15.8. The average molecular weight is 327 g/mol. The summed E-state index contributed by atoms with van der Waals surface area (Å²) in [5, 5.41) is 11.8. The fourth-order valence-electron chi connectivity index (χ4n) is 2.75. The molecular formula is C15H17N7O2. The third-order valence-corrected chi connectivity index (χ3v) is 4.05. The van der Waals surface area contributed by atoms with Gasteiger partial charge < -0.3 is 9.42 Å². The predicted octanol–water partition coefficient (Wildman–Crippen LogP) is 1.15. The third-order valence-electron chi connectivity index (χ3n) is 4.05. The van der Waals surface area contributed by atoms with Gasteiger partial charge in [0.25, 0.3) is 0 Å². The molecule has 3 aromatic heterocycles. The van der Waals surface area contributed by atoms with E-state index in [0.717, 1.165) is 43.3 Å². The molecule has 4 rings (SSSR count). The molecule has 9 heteroatoms. The summed E-state index contributed by atoms with van der Waals surface area (Å²) in [6.45, 7) is 6.03. The van der Waals surface area contributed by atoms with E-state index in [1.807, 2.05) is 19.1 Å². The highest BCUT2D eigenvalue weighted by molar-refractivity contribution is 5.51. The van der Waals surface area contributed by atoms with Crippen LogP contribution in [0.5, 0.6) is 0 Å². The van der Waals surface area contributed by atoms with Crippen molar-refractivity contribution in [2.75, 3.05) is 31.1 Å². The maximum absolute atomic E-state index is 5.36. The van der Waals surface area contributed by atoms with Gasteiger partial charge in [0, 0.05) is 44.1 Å².